The van der Waals surface area contributed by atoms with Gasteiger partial charge in [-0.15, -0.1) is 0 Å². The zero-order chi connectivity index (χ0) is 20.5. The van der Waals surface area contributed by atoms with Crippen LogP contribution in [0.5, 0.6) is 0 Å². The predicted molar refractivity (Wildman–Crippen MR) is 113 cm³/mol. The lowest BCUT2D eigenvalue weighted by molar-refractivity contribution is -0.116. The second-order valence-corrected chi connectivity index (χ2v) is 6.32. The minimum atomic E-state index is -0.223. The van der Waals surface area contributed by atoms with Crippen molar-refractivity contribution in [3.8, 4) is 0 Å². The Hall–Kier alpha value is -3.35. The molecule has 0 bridgehead atoms. The van der Waals surface area contributed by atoms with Crippen LogP contribution >= 0.6 is 0 Å². The Morgan fingerprint density at radius 3 is 2.07 bits per heavy atom. The molecule has 0 atom stereocenters. The van der Waals surface area contributed by atoms with Crippen LogP contribution in [-0.4, -0.2) is 24.3 Å². The van der Waals surface area contributed by atoms with Crippen molar-refractivity contribution in [2.24, 2.45) is 0 Å². The van der Waals surface area contributed by atoms with E-state index in [1.54, 1.807) is 44.2 Å². The van der Waals surface area contributed by atoms with Crippen molar-refractivity contribution in [2.45, 2.75) is 33.6 Å². The van der Waals surface area contributed by atoms with Gasteiger partial charge in [-0.2, -0.15) is 0 Å². The molecule has 7 nitrogen and oxygen atoms in total. The van der Waals surface area contributed by atoms with E-state index in [2.05, 4.69) is 21.3 Å². The molecule has 0 aromatic heterocycles. The highest BCUT2D eigenvalue weighted by molar-refractivity contribution is 5.96. The standard InChI is InChI=1S/C21H26N4O3/c1-4-19(26)23-16-8-6-7-15(11-16)22-13-21(28)24-17-10-9-14(3)18(12-17)25-20(27)5-2/h6-12,22H,4-5,13H2,1-3H3,(H,23,26)(H,24,28)(H,25,27). The topological polar surface area (TPSA) is 99.3 Å². The first-order valence-corrected chi connectivity index (χ1v) is 9.25. The van der Waals surface area contributed by atoms with Crippen LogP contribution in [0.25, 0.3) is 0 Å². The number of hydrogen-bond donors (Lipinski definition) is 4. The zero-order valence-corrected chi connectivity index (χ0v) is 16.4. The number of anilines is 4. The van der Waals surface area contributed by atoms with Gasteiger partial charge in [0.05, 0.1) is 6.54 Å². The number of carbonyl (C=O) groups is 3. The molecule has 0 spiro atoms. The maximum Gasteiger partial charge on any atom is 0.243 e. The van der Waals surface area contributed by atoms with Gasteiger partial charge in [-0.25, -0.2) is 0 Å². The minimum Gasteiger partial charge on any atom is -0.376 e. The normalized spacial score (nSPS) is 10.1. The quantitative estimate of drug-likeness (QED) is 0.559. The average Bonchev–Trinajstić information content (AvgIpc) is 2.69. The van der Waals surface area contributed by atoms with Gasteiger partial charge in [0.25, 0.3) is 0 Å². The first kappa shape index (κ1) is 21.0. The van der Waals surface area contributed by atoms with E-state index in [0.717, 1.165) is 11.3 Å². The van der Waals surface area contributed by atoms with Gasteiger partial charge in [-0.3, -0.25) is 14.4 Å². The van der Waals surface area contributed by atoms with E-state index in [1.807, 2.05) is 19.1 Å². The molecule has 0 fully saturated rings. The molecule has 0 aliphatic heterocycles. The maximum atomic E-state index is 12.2. The molecule has 0 saturated carbocycles. The fourth-order valence-corrected chi connectivity index (χ4v) is 2.42. The van der Waals surface area contributed by atoms with Crippen LogP contribution in [0.3, 0.4) is 0 Å². The highest BCUT2D eigenvalue weighted by Crippen LogP contribution is 2.21. The molecule has 28 heavy (non-hydrogen) atoms. The minimum absolute atomic E-state index is 0.0652. The SMILES string of the molecule is CCC(=O)Nc1cccc(NCC(=O)Nc2ccc(C)c(NC(=O)CC)c2)c1. The summed E-state index contributed by atoms with van der Waals surface area (Å²) in [6.45, 7) is 5.52. The molecular formula is C21H26N4O3. The second-order valence-electron chi connectivity index (χ2n) is 6.32. The molecule has 0 aliphatic carbocycles. The molecule has 3 amide bonds. The number of hydrogen-bond acceptors (Lipinski definition) is 4. The van der Waals surface area contributed by atoms with E-state index < -0.39 is 0 Å². The Morgan fingerprint density at radius 2 is 1.36 bits per heavy atom. The molecule has 2 aromatic carbocycles. The van der Waals surface area contributed by atoms with Crippen molar-refractivity contribution < 1.29 is 14.4 Å². The lowest BCUT2D eigenvalue weighted by atomic mass is 10.1. The fourth-order valence-electron chi connectivity index (χ4n) is 2.42. The van der Waals surface area contributed by atoms with Gasteiger partial charge in [0.1, 0.15) is 0 Å². The summed E-state index contributed by atoms with van der Waals surface area (Å²) >= 11 is 0. The molecule has 7 heteroatoms. The second kappa shape index (κ2) is 10.1. The lowest BCUT2D eigenvalue weighted by Gasteiger charge is -2.12. The van der Waals surface area contributed by atoms with Crippen molar-refractivity contribution in [1.29, 1.82) is 0 Å². The molecule has 0 unspecified atom stereocenters. The van der Waals surface area contributed by atoms with Gasteiger partial charge < -0.3 is 21.3 Å². The van der Waals surface area contributed by atoms with E-state index in [-0.39, 0.29) is 24.3 Å². The van der Waals surface area contributed by atoms with Crippen LogP contribution < -0.4 is 21.3 Å². The summed E-state index contributed by atoms with van der Waals surface area (Å²) in [5.74, 6) is -0.372. The monoisotopic (exact) mass is 382 g/mol. The Morgan fingerprint density at radius 1 is 0.750 bits per heavy atom. The number of benzene rings is 2. The maximum absolute atomic E-state index is 12.2. The summed E-state index contributed by atoms with van der Waals surface area (Å²) in [6, 6.07) is 12.5. The van der Waals surface area contributed by atoms with E-state index in [9.17, 15) is 14.4 Å². The van der Waals surface area contributed by atoms with Crippen LogP contribution in [0.2, 0.25) is 0 Å². The third-order valence-corrected chi connectivity index (χ3v) is 4.04. The highest BCUT2D eigenvalue weighted by atomic mass is 16.2. The summed E-state index contributed by atoms with van der Waals surface area (Å²) in [5, 5.41) is 11.4. The smallest absolute Gasteiger partial charge is 0.243 e. The molecule has 148 valence electrons. The van der Waals surface area contributed by atoms with Crippen molar-refractivity contribution in [1.82, 2.24) is 0 Å². The van der Waals surface area contributed by atoms with E-state index in [0.29, 0.717) is 29.9 Å². The summed E-state index contributed by atoms with van der Waals surface area (Å²) in [5.41, 5.74) is 3.60. The number of aryl methyl sites for hydroxylation is 1. The summed E-state index contributed by atoms with van der Waals surface area (Å²) < 4.78 is 0. The molecule has 4 N–H and O–H groups in total. The van der Waals surface area contributed by atoms with Crippen LogP contribution in [0.1, 0.15) is 32.3 Å². The molecule has 0 heterocycles. The predicted octanol–water partition coefficient (Wildman–Crippen LogP) is 3.74. The van der Waals surface area contributed by atoms with Gasteiger partial charge in [-0.05, 0) is 42.8 Å². The van der Waals surface area contributed by atoms with Crippen LogP contribution in [0.15, 0.2) is 42.5 Å². The first-order chi connectivity index (χ1) is 13.4. The Balaban J connectivity index is 1.94. The third kappa shape index (κ3) is 6.42. The first-order valence-electron chi connectivity index (χ1n) is 9.25. The Labute approximate surface area is 164 Å². The number of amides is 3. The van der Waals surface area contributed by atoms with Crippen molar-refractivity contribution in [3.05, 3.63) is 48.0 Å². The van der Waals surface area contributed by atoms with Crippen LogP contribution in [-0.2, 0) is 14.4 Å². The number of carbonyl (C=O) groups excluding carboxylic acids is 3. The van der Waals surface area contributed by atoms with E-state index in [1.165, 1.54) is 0 Å². The van der Waals surface area contributed by atoms with Crippen LogP contribution in [0.4, 0.5) is 22.7 Å². The Bertz CT molecular complexity index is 864. The van der Waals surface area contributed by atoms with Crippen molar-refractivity contribution >= 4 is 40.5 Å². The Kier molecular flexibility index (Phi) is 7.56. The molecule has 0 radical (unpaired) electrons. The highest BCUT2D eigenvalue weighted by Gasteiger charge is 2.07. The van der Waals surface area contributed by atoms with Crippen molar-refractivity contribution in [3.63, 3.8) is 0 Å². The van der Waals surface area contributed by atoms with Gasteiger partial charge in [-0.1, -0.05) is 26.0 Å². The summed E-state index contributed by atoms with van der Waals surface area (Å²) in [6.07, 6.45) is 0.787. The van der Waals surface area contributed by atoms with Gasteiger partial charge in [0, 0.05) is 35.6 Å². The van der Waals surface area contributed by atoms with Crippen molar-refractivity contribution in [2.75, 3.05) is 27.8 Å². The summed E-state index contributed by atoms with van der Waals surface area (Å²) in [7, 11) is 0. The van der Waals surface area contributed by atoms with Crippen LogP contribution in [0, 0.1) is 6.92 Å². The van der Waals surface area contributed by atoms with Gasteiger partial charge in [0.2, 0.25) is 17.7 Å². The van der Waals surface area contributed by atoms with Gasteiger partial charge in [0.15, 0.2) is 0 Å². The fraction of sp³-hybridized carbons (Fsp3) is 0.286. The molecule has 0 aliphatic rings. The van der Waals surface area contributed by atoms with E-state index >= 15 is 0 Å². The molecular weight excluding hydrogens is 356 g/mol. The largest absolute Gasteiger partial charge is 0.376 e. The van der Waals surface area contributed by atoms with Gasteiger partial charge >= 0.3 is 0 Å². The average molecular weight is 382 g/mol. The number of rotatable bonds is 8. The molecule has 2 rings (SSSR count). The third-order valence-electron chi connectivity index (χ3n) is 4.04. The van der Waals surface area contributed by atoms with E-state index in [4.69, 9.17) is 0 Å². The lowest BCUT2D eigenvalue weighted by Crippen LogP contribution is -2.22. The summed E-state index contributed by atoms with van der Waals surface area (Å²) in [4.78, 5) is 35.3. The molecule has 2 aromatic rings. The number of nitrogens with one attached hydrogen (secondary N) is 4. The molecule has 0 saturated heterocycles. The zero-order valence-electron chi connectivity index (χ0n) is 16.4.